The SMILES string of the molecule is CCOP(=O)(CC(=Nc1ccc(OC)cc1)C(F)(F)F)OCC. The molecule has 0 fully saturated rings. The minimum atomic E-state index is -4.75. The third kappa shape index (κ3) is 6.33. The lowest BCUT2D eigenvalue weighted by atomic mass is 10.3. The van der Waals surface area contributed by atoms with Crippen molar-refractivity contribution in [3.63, 3.8) is 0 Å². The molecular formula is C14H19F3NO4P. The zero-order valence-electron chi connectivity index (χ0n) is 13.1. The summed E-state index contributed by atoms with van der Waals surface area (Å²) >= 11 is 0. The molecule has 0 spiro atoms. The van der Waals surface area contributed by atoms with Gasteiger partial charge in [0, 0.05) is 0 Å². The van der Waals surface area contributed by atoms with E-state index in [1.807, 2.05) is 0 Å². The van der Waals surface area contributed by atoms with Crippen molar-refractivity contribution in [2.45, 2.75) is 20.0 Å². The Hall–Kier alpha value is -1.37. The van der Waals surface area contributed by atoms with Crippen LogP contribution in [0.15, 0.2) is 29.3 Å². The number of rotatable bonds is 8. The highest BCUT2D eigenvalue weighted by Gasteiger charge is 2.41. The third-order valence-electron chi connectivity index (χ3n) is 2.66. The molecule has 130 valence electrons. The molecule has 0 aliphatic rings. The Kier molecular flexibility index (Phi) is 7.25. The number of benzene rings is 1. The molecule has 0 saturated carbocycles. The number of ether oxygens (including phenoxy) is 1. The van der Waals surface area contributed by atoms with Crippen LogP contribution in [0, 0.1) is 0 Å². The van der Waals surface area contributed by atoms with Crippen LogP contribution in [0.5, 0.6) is 5.75 Å². The molecule has 0 aliphatic heterocycles. The van der Waals surface area contributed by atoms with Crippen molar-refractivity contribution >= 4 is 19.0 Å². The van der Waals surface area contributed by atoms with E-state index in [4.69, 9.17) is 13.8 Å². The molecule has 0 saturated heterocycles. The first kappa shape index (κ1) is 19.7. The molecule has 1 aromatic rings. The number of nitrogens with zero attached hydrogens (tertiary/aromatic N) is 1. The number of methoxy groups -OCH3 is 1. The van der Waals surface area contributed by atoms with Crippen LogP contribution in [0.1, 0.15) is 13.8 Å². The van der Waals surface area contributed by atoms with Gasteiger partial charge in [-0.25, -0.2) is 4.99 Å². The van der Waals surface area contributed by atoms with E-state index in [2.05, 4.69) is 4.99 Å². The van der Waals surface area contributed by atoms with E-state index in [-0.39, 0.29) is 18.9 Å². The number of aliphatic imine (C=N–C) groups is 1. The van der Waals surface area contributed by atoms with Crippen molar-refractivity contribution in [1.29, 1.82) is 0 Å². The normalized spacial score (nSPS) is 13.2. The minimum Gasteiger partial charge on any atom is -0.497 e. The third-order valence-corrected chi connectivity index (χ3v) is 4.65. The molecule has 0 heterocycles. The van der Waals surface area contributed by atoms with Crippen molar-refractivity contribution < 1.29 is 31.5 Å². The summed E-state index contributed by atoms with van der Waals surface area (Å²) in [5.41, 5.74) is -1.15. The Balaban J connectivity index is 3.13. The van der Waals surface area contributed by atoms with Crippen LogP contribution in [-0.4, -0.2) is 38.4 Å². The van der Waals surface area contributed by atoms with Gasteiger partial charge in [-0.05, 0) is 38.1 Å². The van der Waals surface area contributed by atoms with Crippen LogP contribution in [0.3, 0.4) is 0 Å². The fraction of sp³-hybridized carbons (Fsp3) is 0.500. The fourth-order valence-corrected chi connectivity index (χ4v) is 3.37. The molecule has 0 atom stereocenters. The predicted octanol–water partition coefficient (Wildman–Crippen LogP) is 4.60. The quantitative estimate of drug-likeness (QED) is 0.506. The fourth-order valence-electron chi connectivity index (χ4n) is 1.71. The van der Waals surface area contributed by atoms with E-state index in [1.165, 1.54) is 45.2 Å². The van der Waals surface area contributed by atoms with Gasteiger partial charge < -0.3 is 13.8 Å². The molecular weight excluding hydrogens is 334 g/mol. The van der Waals surface area contributed by atoms with Crippen LogP contribution in [-0.2, 0) is 13.6 Å². The van der Waals surface area contributed by atoms with Crippen molar-refractivity contribution in [3.8, 4) is 5.75 Å². The number of hydrogen-bond donors (Lipinski definition) is 0. The maximum atomic E-state index is 13.2. The van der Waals surface area contributed by atoms with Crippen LogP contribution >= 0.6 is 7.60 Å². The Bertz CT molecular complexity index is 562. The number of halogens is 3. The van der Waals surface area contributed by atoms with Gasteiger partial charge in [0.25, 0.3) is 0 Å². The molecule has 0 aromatic heterocycles. The van der Waals surface area contributed by atoms with Gasteiger partial charge in [0.2, 0.25) is 0 Å². The first-order valence-corrected chi connectivity index (χ1v) is 8.63. The molecule has 0 N–H and O–H groups in total. The Labute approximate surface area is 133 Å². The maximum Gasteiger partial charge on any atom is 0.430 e. The van der Waals surface area contributed by atoms with E-state index >= 15 is 0 Å². The summed E-state index contributed by atoms with van der Waals surface area (Å²) in [5.74, 6) is 0.492. The molecule has 9 heteroatoms. The summed E-state index contributed by atoms with van der Waals surface area (Å²) in [6.45, 7) is 3.01. The highest BCUT2D eigenvalue weighted by atomic mass is 31.2. The number of hydrogen-bond acceptors (Lipinski definition) is 5. The number of alkyl halides is 3. The lowest BCUT2D eigenvalue weighted by Gasteiger charge is -2.19. The lowest BCUT2D eigenvalue weighted by Crippen LogP contribution is -2.27. The molecule has 0 amide bonds. The Morgan fingerprint density at radius 1 is 1.13 bits per heavy atom. The second kappa shape index (κ2) is 8.47. The summed E-state index contributed by atoms with van der Waals surface area (Å²) in [6.07, 6.45) is -5.69. The van der Waals surface area contributed by atoms with Gasteiger partial charge >= 0.3 is 13.8 Å². The van der Waals surface area contributed by atoms with Crippen molar-refractivity contribution in [2.24, 2.45) is 4.99 Å². The van der Waals surface area contributed by atoms with Gasteiger partial charge in [0.15, 0.2) is 0 Å². The van der Waals surface area contributed by atoms with Gasteiger partial charge in [0.1, 0.15) is 11.5 Å². The second-order valence-electron chi connectivity index (χ2n) is 4.36. The van der Waals surface area contributed by atoms with Crippen molar-refractivity contribution in [3.05, 3.63) is 24.3 Å². The largest absolute Gasteiger partial charge is 0.497 e. The van der Waals surface area contributed by atoms with Crippen molar-refractivity contribution in [1.82, 2.24) is 0 Å². The topological polar surface area (TPSA) is 57.1 Å². The van der Waals surface area contributed by atoms with E-state index in [1.54, 1.807) is 0 Å². The lowest BCUT2D eigenvalue weighted by molar-refractivity contribution is -0.0592. The van der Waals surface area contributed by atoms with Crippen molar-refractivity contribution in [2.75, 3.05) is 26.5 Å². The standard InChI is InChI=1S/C14H19F3NO4P/c1-4-21-23(19,22-5-2)10-13(14(15,16)17)18-11-6-8-12(20-3)9-7-11/h6-9H,4-5,10H2,1-3H3. The summed E-state index contributed by atoms with van der Waals surface area (Å²) in [4.78, 5) is 3.56. The smallest absolute Gasteiger partial charge is 0.430 e. The molecule has 23 heavy (non-hydrogen) atoms. The molecule has 1 rings (SSSR count). The van der Waals surface area contributed by atoms with Gasteiger partial charge in [-0.3, -0.25) is 4.57 Å². The first-order chi connectivity index (χ1) is 10.7. The van der Waals surface area contributed by atoms with Gasteiger partial charge in [-0.15, -0.1) is 0 Å². The van der Waals surface area contributed by atoms with Crippen LogP contribution in [0.4, 0.5) is 18.9 Å². The average Bonchev–Trinajstić information content (AvgIpc) is 2.47. The van der Waals surface area contributed by atoms with Crippen LogP contribution in [0.25, 0.3) is 0 Å². The molecule has 0 radical (unpaired) electrons. The van der Waals surface area contributed by atoms with E-state index in [9.17, 15) is 17.7 Å². The highest BCUT2D eigenvalue weighted by molar-refractivity contribution is 7.54. The average molecular weight is 353 g/mol. The maximum absolute atomic E-state index is 13.2. The van der Waals surface area contributed by atoms with Crippen LogP contribution in [0.2, 0.25) is 0 Å². The summed E-state index contributed by atoms with van der Waals surface area (Å²) < 4.78 is 66.6. The van der Waals surface area contributed by atoms with Gasteiger partial charge in [0.05, 0.1) is 32.2 Å². The van der Waals surface area contributed by atoms with E-state index in [0.29, 0.717) is 5.75 Å². The predicted molar refractivity (Wildman–Crippen MR) is 81.9 cm³/mol. The first-order valence-electron chi connectivity index (χ1n) is 6.91. The molecule has 5 nitrogen and oxygen atoms in total. The molecule has 0 unspecified atom stereocenters. The van der Waals surface area contributed by atoms with E-state index < -0.39 is 25.6 Å². The Morgan fingerprint density at radius 3 is 2.04 bits per heavy atom. The zero-order valence-corrected chi connectivity index (χ0v) is 14.0. The molecule has 0 bridgehead atoms. The summed E-state index contributed by atoms with van der Waals surface area (Å²) in [5, 5.41) is 0. The molecule has 0 aliphatic carbocycles. The minimum absolute atomic E-state index is 0.0229. The molecule has 1 aromatic carbocycles. The highest BCUT2D eigenvalue weighted by Crippen LogP contribution is 2.49. The van der Waals surface area contributed by atoms with Gasteiger partial charge in [-0.2, -0.15) is 13.2 Å². The second-order valence-corrected chi connectivity index (χ2v) is 6.41. The van der Waals surface area contributed by atoms with Crippen LogP contribution < -0.4 is 4.74 Å². The monoisotopic (exact) mass is 353 g/mol. The van der Waals surface area contributed by atoms with E-state index in [0.717, 1.165) is 0 Å². The summed E-state index contributed by atoms with van der Waals surface area (Å²) in [6, 6.07) is 5.71. The van der Waals surface area contributed by atoms with Gasteiger partial charge in [-0.1, -0.05) is 0 Å². The zero-order chi connectivity index (χ0) is 17.5. The summed E-state index contributed by atoms with van der Waals surface area (Å²) in [7, 11) is -2.46. The Morgan fingerprint density at radius 2 is 1.65 bits per heavy atom.